The van der Waals surface area contributed by atoms with Gasteiger partial charge in [0.25, 0.3) is 11.1 Å². The zero-order valence-electron chi connectivity index (χ0n) is 17.7. The second-order valence-electron chi connectivity index (χ2n) is 7.37. The molecule has 1 aliphatic heterocycles. The molecule has 0 saturated carbocycles. The summed E-state index contributed by atoms with van der Waals surface area (Å²) in [5, 5.41) is 3.54. The van der Waals surface area contributed by atoms with Crippen LogP contribution in [0, 0.1) is 0 Å². The van der Waals surface area contributed by atoms with E-state index in [1.54, 1.807) is 13.2 Å². The number of nitrogens with zero attached hydrogens (tertiary/aromatic N) is 2. The van der Waals surface area contributed by atoms with Gasteiger partial charge in [-0.15, -0.1) is 0 Å². The van der Waals surface area contributed by atoms with Gasteiger partial charge in [0.05, 0.1) is 17.0 Å². The first-order valence-electron chi connectivity index (χ1n) is 10.0. The maximum atomic E-state index is 12.7. The second kappa shape index (κ2) is 9.49. The fourth-order valence-corrected chi connectivity index (χ4v) is 4.51. The smallest absolute Gasteiger partial charge is 0.293 e. The topological polar surface area (TPSA) is 80.6 Å². The molecule has 1 aromatic heterocycles. The number of hydrogen-bond donors (Lipinski definition) is 1. The molecule has 0 radical (unpaired) electrons. The summed E-state index contributed by atoms with van der Waals surface area (Å²) < 4.78 is 6.89. The highest BCUT2D eigenvalue weighted by Gasteiger charge is 2.36. The molecule has 8 heteroatoms. The molecule has 2 aromatic rings. The average molecular weight is 430 g/mol. The summed E-state index contributed by atoms with van der Waals surface area (Å²) in [7, 11) is 1.59. The molecular formula is C22H27N3O4S. The molecule has 3 rings (SSSR count). The molecule has 1 aliphatic rings. The Morgan fingerprint density at radius 2 is 2.07 bits per heavy atom. The number of hydrogen-bond acceptors (Lipinski definition) is 5. The molecule has 1 aromatic carbocycles. The number of carbonyl (C=O) groups excluding carboxylic acids is 3. The quantitative estimate of drug-likeness (QED) is 0.514. The number of para-hydroxylation sites is 1. The lowest BCUT2D eigenvalue weighted by atomic mass is 10.1. The average Bonchev–Trinajstić information content (AvgIpc) is 3.19. The maximum absolute atomic E-state index is 12.7. The van der Waals surface area contributed by atoms with E-state index in [1.165, 1.54) is 4.90 Å². The number of rotatable bonds is 8. The lowest BCUT2D eigenvalue weighted by Crippen LogP contribution is -2.34. The van der Waals surface area contributed by atoms with Crippen molar-refractivity contribution in [2.45, 2.75) is 39.8 Å². The summed E-state index contributed by atoms with van der Waals surface area (Å²) in [5.74, 6) is -0.383. The van der Waals surface area contributed by atoms with Gasteiger partial charge in [0.2, 0.25) is 5.91 Å². The first-order chi connectivity index (χ1) is 14.4. The van der Waals surface area contributed by atoms with E-state index in [0.29, 0.717) is 18.1 Å². The van der Waals surface area contributed by atoms with Crippen LogP contribution in [0.25, 0.3) is 17.0 Å². The number of amides is 3. The Hall–Kier alpha value is -2.58. The Labute approximate surface area is 180 Å². The van der Waals surface area contributed by atoms with E-state index in [2.05, 4.69) is 12.2 Å². The molecule has 0 bridgehead atoms. The zero-order valence-corrected chi connectivity index (χ0v) is 18.5. The SMILES string of the molecule is CCc1cccc2c(/C=C3\SC(=O)N(C(C)C)C3=O)cn(CC(=O)NCCOC)c12. The number of methoxy groups -OCH3 is 1. The molecule has 1 saturated heterocycles. The molecule has 2 heterocycles. The zero-order chi connectivity index (χ0) is 21.8. The van der Waals surface area contributed by atoms with Crippen molar-refractivity contribution in [3.63, 3.8) is 0 Å². The molecular weight excluding hydrogens is 402 g/mol. The molecule has 3 amide bonds. The van der Waals surface area contributed by atoms with E-state index in [9.17, 15) is 14.4 Å². The molecule has 0 atom stereocenters. The molecule has 0 spiro atoms. The third-order valence-corrected chi connectivity index (χ3v) is 5.85. The summed E-state index contributed by atoms with van der Waals surface area (Å²) >= 11 is 0.956. The van der Waals surface area contributed by atoms with Gasteiger partial charge < -0.3 is 14.6 Å². The summed E-state index contributed by atoms with van der Waals surface area (Å²) in [6.45, 7) is 6.78. The number of nitrogens with one attached hydrogen (secondary N) is 1. The number of benzene rings is 1. The molecule has 30 heavy (non-hydrogen) atoms. The minimum absolute atomic E-state index is 0.110. The highest BCUT2D eigenvalue weighted by atomic mass is 32.2. The minimum atomic E-state index is -0.273. The first-order valence-corrected chi connectivity index (χ1v) is 10.8. The fraction of sp³-hybridized carbons (Fsp3) is 0.409. The van der Waals surface area contributed by atoms with Gasteiger partial charge in [-0.2, -0.15) is 0 Å². The van der Waals surface area contributed by atoms with Crippen molar-refractivity contribution in [1.29, 1.82) is 0 Å². The van der Waals surface area contributed by atoms with E-state index >= 15 is 0 Å². The van der Waals surface area contributed by atoms with Gasteiger partial charge in [-0.3, -0.25) is 19.3 Å². The Balaban J connectivity index is 1.99. The number of ether oxygens (including phenoxy) is 1. The standard InChI is InChI=1S/C22H27N3O4S/c1-5-15-7-6-8-17-16(11-18-21(27)25(14(2)3)22(28)30-18)12-24(20(15)17)13-19(26)23-9-10-29-4/h6-8,11-12,14H,5,9-10,13H2,1-4H3,(H,23,26)/b18-11-. The van der Waals surface area contributed by atoms with Crippen LogP contribution in [0.3, 0.4) is 0 Å². The second-order valence-corrected chi connectivity index (χ2v) is 8.36. The molecule has 7 nitrogen and oxygen atoms in total. The van der Waals surface area contributed by atoms with Crippen LogP contribution in [0.2, 0.25) is 0 Å². The van der Waals surface area contributed by atoms with Gasteiger partial charge >= 0.3 is 0 Å². The highest BCUT2D eigenvalue weighted by molar-refractivity contribution is 8.18. The largest absolute Gasteiger partial charge is 0.383 e. The lowest BCUT2D eigenvalue weighted by Gasteiger charge is -2.16. The number of aryl methyl sites for hydroxylation is 1. The van der Waals surface area contributed by atoms with Gasteiger partial charge in [0.15, 0.2) is 0 Å². The minimum Gasteiger partial charge on any atom is -0.383 e. The van der Waals surface area contributed by atoms with E-state index in [0.717, 1.165) is 40.2 Å². The summed E-state index contributed by atoms with van der Waals surface area (Å²) in [4.78, 5) is 39.0. The van der Waals surface area contributed by atoms with Gasteiger partial charge in [0.1, 0.15) is 6.54 Å². The molecule has 0 aliphatic carbocycles. The van der Waals surface area contributed by atoms with E-state index in [-0.39, 0.29) is 29.6 Å². The lowest BCUT2D eigenvalue weighted by molar-refractivity contribution is -0.124. The van der Waals surface area contributed by atoms with E-state index < -0.39 is 0 Å². The van der Waals surface area contributed by atoms with Crippen LogP contribution in [-0.4, -0.2) is 52.8 Å². The third-order valence-electron chi connectivity index (χ3n) is 4.96. The van der Waals surface area contributed by atoms with Crippen LogP contribution in [0.15, 0.2) is 29.3 Å². The van der Waals surface area contributed by atoms with Gasteiger partial charge in [-0.25, -0.2) is 0 Å². The van der Waals surface area contributed by atoms with Crippen molar-refractivity contribution in [1.82, 2.24) is 14.8 Å². The number of carbonyl (C=O) groups is 3. The maximum Gasteiger partial charge on any atom is 0.293 e. The summed E-state index contributed by atoms with van der Waals surface area (Å²) in [6.07, 6.45) is 4.45. The molecule has 0 unspecified atom stereocenters. The molecule has 1 fully saturated rings. The van der Waals surface area contributed by atoms with Gasteiger partial charge in [-0.05, 0) is 43.7 Å². The molecule has 1 N–H and O–H groups in total. The normalized spacial score (nSPS) is 15.8. The van der Waals surface area contributed by atoms with Crippen molar-refractivity contribution in [3.05, 3.63) is 40.4 Å². The number of fused-ring (bicyclic) bond motifs is 1. The Morgan fingerprint density at radius 1 is 1.30 bits per heavy atom. The van der Waals surface area contributed by atoms with Crippen molar-refractivity contribution in [2.24, 2.45) is 0 Å². The van der Waals surface area contributed by atoms with Crippen molar-refractivity contribution >= 4 is 45.8 Å². The number of imide groups is 1. The van der Waals surface area contributed by atoms with Crippen molar-refractivity contribution in [2.75, 3.05) is 20.3 Å². The monoisotopic (exact) mass is 429 g/mol. The number of thioether (sulfide) groups is 1. The van der Waals surface area contributed by atoms with Gasteiger partial charge in [0, 0.05) is 36.8 Å². The summed E-state index contributed by atoms with van der Waals surface area (Å²) in [5.41, 5.74) is 2.91. The predicted octanol–water partition coefficient (Wildman–Crippen LogP) is 3.41. The Morgan fingerprint density at radius 3 is 2.70 bits per heavy atom. The van der Waals surface area contributed by atoms with Crippen molar-refractivity contribution in [3.8, 4) is 0 Å². The van der Waals surface area contributed by atoms with Crippen LogP contribution >= 0.6 is 11.8 Å². The Kier molecular flexibility index (Phi) is 6.99. The van der Waals surface area contributed by atoms with Crippen LogP contribution in [0.1, 0.15) is 31.9 Å². The van der Waals surface area contributed by atoms with Crippen molar-refractivity contribution < 1.29 is 19.1 Å². The van der Waals surface area contributed by atoms with Crippen LogP contribution < -0.4 is 5.32 Å². The van der Waals surface area contributed by atoms with Crippen LogP contribution in [0.4, 0.5) is 4.79 Å². The predicted molar refractivity (Wildman–Crippen MR) is 119 cm³/mol. The Bertz CT molecular complexity index is 1010. The fourth-order valence-electron chi connectivity index (χ4n) is 3.56. The summed E-state index contributed by atoms with van der Waals surface area (Å²) in [6, 6.07) is 5.80. The number of aromatic nitrogens is 1. The molecule has 160 valence electrons. The van der Waals surface area contributed by atoms with E-state index in [1.807, 2.05) is 42.8 Å². The first kappa shape index (κ1) is 22.1. The van der Waals surface area contributed by atoms with Crippen LogP contribution in [0.5, 0.6) is 0 Å². The highest BCUT2D eigenvalue weighted by Crippen LogP contribution is 2.35. The third kappa shape index (κ3) is 4.44. The van der Waals surface area contributed by atoms with Crippen LogP contribution in [-0.2, 0) is 27.3 Å². The van der Waals surface area contributed by atoms with Gasteiger partial charge in [-0.1, -0.05) is 25.1 Å². The van der Waals surface area contributed by atoms with E-state index in [4.69, 9.17) is 4.74 Å².